The smallest absolute Gasteiger partial charge is 0.315 e. The lowest BCUT2D eigenvalue weighted by Gasteiger charge is -2.28. The molecule has 1 aromatic heterocycles. The Hall–Kier alpha value is -3.83. The predicted octanol–water partition coefficient (Wildman–Crippen LogP) is 3.12. The Balaban J connectivity index is 1.70. The highest BCUT2D eigenvalue weighted by atomic mass is 32.1. The number of Topliss-reactive ketones (excluding diaryl/α,β-unsaturated/α-hetero) is 1. The fraction of sp³-hybridized carbons (Fsp3) is 0.174. The molecule has 8 heteroatoms. The molecule has 3 amide bonds. The van der Waals surface area contributed by atoms with Crippen LogP contribution in [0.25, 0.3) is 0 Å². The van der Waals surface area contributed by atoms with Crippen molar-refractivity contribution in [2.45, 2.75) is 18.4 Å². The second kappa shape index (κ2) is 8.13. The number of hydrogen-bond acceptors (Lipinski definition) is 6. The number of aromatic nitrogens is 1. The molecule has 1 aliphatic rings. The van der Waals surface area contributed by atoms with Crippen LogP contribution in [0, 0.1) is 18.3 Å². The van der Waals surface area contributed by atoms with E-state index in [1.807, 2.05) is 18.2 Å². The lowest BCUT2D eigenvalue weighted by Crippen LogP contribution is -2.45. The van der Waals surface area contributed by atoms with Crippen LogP contribution in [-0.2, 0) is 15.1 Å². The van der Waals surface area contributed by atoms with Gasteiger partial charge in [0, 0.05) is 11.1 Å². The summed E-state index contributed by atoms with van der Waals surface area (Å²) in [7, 11) is 0. The normalized spacial score (nSPS) is 15.9. The van der Waals surface area contributed by atoms with Crippen LogP contribution in [0.15, 0.2) is 66.0 Å². The minimum Gasteiger partial charge on any atom is -0.315 e. The maximum atomic E-state index is 13.6. The number of aryl methyl sites for hydroxylation is 1. The lowest BCUT2D eigenvalue weighted by molar-refractivity contribution is -0.133. The van der Waals surface area contributed by atoms with Crippen molar-refractivity contribution in [2.75, 3.05) is 6.54 Å². The van der Waals surface area contributed by atoms with Crippen molar-refractivity contribution < 1.29 is 14.4 Å². The number of imide groups is 1. The number of hydrogen-bond donors (Lipinski definition) is 1. The van der Waals surface area contributed by atoms with Gasteiger partial charge in [-0.3, -0.25) is 14.5 Å². The Kier molecular flexibility index (Phi) is 5.36. The van der Waals surface area contributed by atoms with Gasteiger partial charge < -0.3 is 5.32 Å². The van der Waals surface area contributed by atoms with Crippen molar-refractivity contribution in [3.8, 4) is 6.07 Å². The number of nitrogens with zero attached hydrogens (tertiary/aromatic N) is 3. The maximum Gasteiger partial charge on any atom is 0.325 e. The van der Waals surface area contributed by atoms with E-state index in [0.717, 1.165) is 4.90 Å². The van der Waals surface area contributed by atoms with Gasteiger partial charge in [0.15, 0.2) is 17.2 Å². The molecule has 2 heterocycles. The Labute approximate surface area is 183 Å². The predicted molar refractivity (Wildman–Crippen MR) is 114 cm³/mol. The monoisotopic (exact) mass is 430 g/mol. The Bertz CT molecular complexity index is 1140. The molecule has 1 aliphatic heterocycles. The first-order valence-electron chi connectivity index (χ1n) is 9.57. The molecule has 1 fully saturated rings. The van der Waals surface area contributed by atoms with E-state index in [-0.39, 0.29) is 0 Å². The highest BCUT2D eigenvalue weighted by Gasteiger charge is 2.54. The second-order valence-electron chi connectivity index (χ2n) is 7.16. The van der Waals surface area contributed by atoms with E-state index in [4.69, 9.17) is 0 Å². The molecule has 1 N–H and O–H groups in total. The summed E-state index contributed by atoms with van der Waals surface area (Å²) in [6.45, 7) is 1.26. The number of thiazole rings is 1. The van der Waals surface area contributed by atoms with Crippen LogP contribution in [0.5, 0.6) is 0 Å². The topological polar surface area (TPSA) is 103 Å². The minimum atomic E-state index is -1.44. The van der Waals surface area contributed by atoms with Crippen LogP contribution in [0.1, 0.15) is 27.7 Å². The SMILES string of the molecule is Cc1csc([C@H](C#N)C(=O)CN2C(=O)NC(c3ccccc3)(c3ccccc3)C2=O)n1. The van der Waals surface area contributed by atoms with Crippen LogP contribution in [0.3, 0.4) is 0 Å². The second-order valence-corrected chi connectivity index (χ2v) is 8.05. The zero-order valence-corrected chi connectivity index (χ0v) is 17.4. The first kappa shape index (κ1) is 20.4. The summed E-state index contributed by atoms with van der Waals surface area (Å²) in [6, 6.07) is 19.1. The molecule has 0 aliphatic carbocycles. The summed E-state index contributed by atoms with van der Waals surface area (Å²) in [5.41, 5.74) is 0.429. The van der Waals surface area contributed by atoms with Gasteiger partial charge in [-0.25, -0.2) is 9.78 Å². The van der Waals surface area contributed by atoms with Gasteiger partial charge in [-0.15, -0.1) is 11.3 Å². The Morgan fingerprint density at radius 1 is 1.13 bits per heavy atom. The van der Waals surface area contributed by atoms with E-state index >= 15 is 0 Å². The molecule has 0 radical (unpaired) electrons. The summed E-state index contributed by atoms with van der Waals surface area (Å²) in [6.07, 6.45) is 0. The fourth-order valence-electron chi connectivity index (χ4n) is 3.67. The summed E-state index contributed by atoms with van der Waals surface area (Å²) < 4.78 is 0. The molecule has 0 saturated carbocycles. The van der Waals surface area contributed by atoms with Crippen LogP contribution in [-0.4, -0.2) is 34.2 Å². The number of nitrogens with one attached hydrogen (secondary N) is 1. The van der Waals surface area contributed by atoms with E-state index < -0.39 is 35.7 Å². The number of benzene rings is 2. The molecule has 0 bridgehead atoms. The van der Waals surface area contributed by atoms with Crippen molar-refractivity contribution in [1.29, 1.82) is 5.26 Å². The summed E-state index contributed by atoms with van der Waals surface area (Å²) >= 11 is 1.21. The number of amides is 3. The minimum absolute atomic E-state index is 0.356. The standard InChI is InChI=1S/C23H18N4O3S/c1-15-14-31-20(25-15)18(12-24)19(28)13-27-21(29)23(26-22(27)30,16-8-4-2-5-9-16)17-10-6-3-7-11-17/h2-11,14,18H,13H2,1H3,(H,26,30)/t18-/m1/s1. The van der Waals surface area contributed by atoms with Crippen LogP contribution >= 0.6 is 11.3 Å². The molecule has 1 saturated heterocycles. The Morgan fingerprint density at radius 2 is 1.71 bits per heavy atom. The highest BCUT2D eigenvalue weighted by Crippen LogP contribution is 2.36. The molecular weight excluding hydrogens is 412 g/mol. The molecule has 3 aromatic rings. The number of carbonyl (C=O) groups is 3. The first-order valence-corrected chi connectivity index (χ1v) is 10.4. The average Bonchev–Trinajstić information content (AvgIpc) is 3.32. The molecule has 0 unspecified atom stereocenters. The van der Waals surface area contributed by atoms with Crippen LogP contribution in [0.4, 0.5) is 4.79 Å². The van der Waals surface area contributed by atoms with Gasteiger partial charge in [-0.2, -0.15) is 5.26 Å². The highest BCUT2D eigenvalue weighted by molar-refractivity contribution is 7.09. The molecule has 0 spiro atoms. The third kappa shape index (κ3) is 3.49. The van der Waals surface area contributed by atoms with Crippen molar-refractivity contribution in [3.63, 3.8) is 0 Å². The van der Waals surface area contributed by atoms with E-state index in [1.54, 1.807) is 60.8 Å². The van der Waals surface area contributed by atoms with Crippen molar-refractivity contribution in [1.82, 2.24) is 15.2 Å². The lowest BCUT2D eigenvalue weighted by atomic mass is 9.82. The zero-order chi connectivity index (χ0) is 22.0. The molecule has 1 atom stereocenters. The quantitative estimate of drug-likeness (QED) is 0.605. The van der Waals surface area contributed by atoms with E-state index in [9.17, 15) is 19.6 Å². The van der Waals surface area contributed by atoms with Gasteiger partial charge in [0.2, 0.25) is 0 Å². The Morgan fingerprint density at radius 3 is 2.19 bits per heavy atom. The molecule has 31 heavy (non-hydrogen) atoms. The zero-order valence-electron chi connectivity index (χ0n) is 16.6. The van der Waals surface area contributed by atoms with Gasteiger partial charge in [-0.05, 0) is 18.1 Å². The van der Waals surface area contributed by atoms with Gasteiger partial charge in [0.25, 0.3) is 5.91 Å². The van der Waals surface area contributed by atoms with Gasteiger partial charge in [0.05, 0.1) is 12.6 Å². The van der Waals surface area contributed by atoms with Gasteiger partial charge in [0.1, 0.15) is 5.01 Å². The van der Waals surface area contributed by atoms with E-state index in [1.165, 1.54) is 11.3 Å². The summed E-state index contributed by atoms with van der Waals surface area (Å²) in [5.74, 6) is -2.25. The molecular formula is C23H18N4O3S. The molecule has 7 nitrogen and oxygen atoms in total. The first-order chi connectivity index (χ1) is 15.0. The fourth-order valence-corrected chi connectivity index (χ4v) is 4.53. The number of nitriles is 1. The van der Waals surface area contributed by atoms with Crippen LogP contribution < -0.4 is 5.32 Å². The van der Waals surface area contributed by atoms with Gasteiger partial charge >= 0.3 is 6.03 Å². The third-order valence-electron chi connectivity index (χ3n) is 5.17. The van der Waals surface area contributed by atoms with Gasteiger partial charge in [-0.1, -0.05) is 60.7 Å². The molecule has 154 valence electrons. The number of rotatable bonds is 6. The number of urea groups is 1. The van der Waals surface area contributed by atoms with E-state index in [0.29, 0.717) is 21.8 Å². The maximum absolute atomic E-state index is 13.6. The number of carbonyl (C=O) groups excluding carboxylic acids is 3. The van der Waals surface area contributed by atoms with E-state index in [2.05, 4.69) is 10.3 Å². The van der Waals surface area contributed by atoms with Crippen LogP contribution in [0.2, 0.25) is 0 Å². The largest absolute Gasteiger partial charge is 0.325 e. The number of ketones is 1. The van der Waals surface area contributed by atoms with Crippen molar-refractivity contribution in [3.05, 3.63) is 87.9 Å². The summed E-state index contributed by atoms with van der Waals surface area (Å²) in [5, 5.41) is 14.4. The molecule has 2 aromatic carbocycles. The average molecular weight is 430 g/mol. The molecule has 4 rings (SSSR count). The summed E-state index contributed by atoms with van der Waals surface area (Å²) in [4.78, 5) is 44.5. The van der Waals surface area contributed by atoms with Crippen molar-refractivity contribution in [2.24, 2.45) is 0 Å². The van der Waals surface area contributed by atoms with Crippen molar-refractivity contribution >= 4 is 29.1 Å². The third-order valence-corrected chi connectivity index (χ3v) is 6.20.